The maximum atomic E-state index is 11.0. The standard InChI is InChI=1S/C17H22N4OS/c1-11(19)14(7-18)12-3-6-16-20-10-17(2,21(16)8-12)15-5-4-13(9-22)23-15/h3-9,11,16,20H,10,18-19H2,1-2H3/b14-7+/t11?,16?,17-/m0/s1. The van der Waals surface area contributed by atoms with E-state index in [1.54, 1.807) is 6.20 Å². The Balaban J connectivity index is 1.98. The van der Waals surface area contributed by atoms with Crippen molar-refractivity contribution in [2.24, 2.45) is 11.5 Å². The van der Waals surface area contributed by atoms with Gasteiger partial charge >= 0.3 is 0 Å². The Kier molecular flexibility index (Phi) is 4.14. The van der Waals surface area contributed by atoms with Crippen LogP contribution in [0.5, 0.6) is 0 Å². The lowest BCUT2D eigenvalue weighted by atomic mass is 9.95. The van der Waals surface area contributed by atoms with E-state index in [-0.39, 0.29) is 17.7 Å². The predicted octanol–water partition coefficient (Wildman–Crippen LogP) is 1.65. The first kappa shape index (κ1) is 16.0. The number of thiophene rings is 1. The molecule has 3 heterocycles. The van der Waals surface area contributed by atoms with Gasteiger partial charge in [-0.3, -0.25) is 10.1 Å². The van der Waals surface area contributed by atoms with E-state index in [0.29, 0.717) is 0 Å². The van der Waals surface area contributed by atoms with Gasteiger partial charge in [0, 0.05) is 23.7 Å². The van der Waals surface area contributed by atoms with Crippen molar-refractivity contribution in [1.82, 2.24) is 10.2 Å². The third kappa shape index (κ3) is 2.63. The molecule has 1 fully saturated rings. The molecule has 122 valence electrons. The fourth-order valence-electron chi connectivity index (χ4n) is 3.17. The summed E-state index contributed by atoms with van der Waals surface area (Å²) in [4.78, 5) is 15.2. The number of fused-ring (bicyclic) bond motifs is 1. The lowest BCUT2D eigenvalue weighted by Crippen LogP contribution is -2.41. The predicted molar refractivity (Wildman–Crippen MR) is 93.8 cm³/mol. The molecule has 1 aromatic heterocycles. The summed E-state index contributed by atoms with van der Waals surface area (Å²) in [6.45, 7) is 4.92. The Morgan fingerprint density at radius 1 is 1.57 bits per heavy atom. The van der Waals surface area contributed by atoms with Crippen molar-refractivity contribution in [3.63, 3.8) is 0 Å². The smallest absolute Gasteiger partial charge is 0.160 e. The summed E-state index contributed by atoms with van der Waals surface area (Å²) >= 11 is 1.54. The molecular weight excluding hydrogens is 308 g/mol. The van der Waals surface area contributed by atoms with E-state index in [1.165, 1.54) is 16.2 Å². The van der Waals surface area contributed by atoms with Crippen LogP contribution in [0, 0.1) is 0 Å². The molecule has 0 radical (unpaired) electrons. The minimum Gasteiger partial charge on any atom is -0.404 e. The minimum absolute atomic E-state index is 0.127. The summed E-state index contributed by atoms with van der Waals surface area (Å²) in [6.07, 6.45) is 8.93. The Labute approximate surface area is 140 Å². The largest absolute Gasteiger partial charge is 0.404 e. The van der Waals surface area contributed by atoms with Crippen LogP contribution < -0.4 is 16.8 Å². The van der Waals surface area contributed by atoms with Crippen molar-refractivity contribution in [3.8, 4) is 0 Å². The molecule has 2 unspecified atom stereocenters. The van der Waals surface area contributed by atoms with Gasteiger partial charge in [-0.05, 0) is 49.4 Å². The summed E-state index contributed by atoms with van der Waals surface area (Å²) in [5, 5.41) is 3.51. The van der Waals surface area contributed by atoms with Crippen molar-refractivity contribution < 1.29 is 4.79 Å². The molecule has 2 aliphatic heterocycles. The third-order valence-electron chi connectivity index (χ3n) is 4.54. The molecule has 0 saturated carbocycles. The Bertz CT molecular complexity index is 703. The number of carbonyl (C=O) groups is 1. The first-order valence-electron chi connectivity index (χ1n) is 7.64. The van der Waals surface area contributed by atoms with Gasteiger partial charge < -0.3 is 16.4 Å². The van der Waals surface area contributed by atoms with E-state index in [4.69, 9.17) is 11.5 Å². The van der Waals surface area contributed by atoms with Crippen LogP contribution >= 0.6 is 11.3 Å². The van der Waals surface area contributed by atoms with Crippen LogP contribution in [0.15, 0.2) is 47.8 Å². The van der Waals surface area contributed by atoms with Crippen LogP contribution in [0.2, 0.25) is 0 Å². The lowest BCUT2D eigenvalue weighted by Gasteiger charge is -2.37. The molecule has 0 spiro atoms. The van der Waals surface area contributed by atoms with Gasteiger partial charge in [0.05, 0.1) is 16.6 Å². The van der Waals surface area contributed by atoms with Crippen LogP contribution in [0.25, 0.3) is 0 Å². The van der Waals surface area contributed by atoms with Crippen LogP contribution in [-0.2, 0) is 5.54 Å². The van der Waals surface area contributed by atoms with Crippen LogP contribution in [0.1, 0.15) is 28.4 Å². The number of hydrogen-bond acceptors (Lipinski definition) is 6. The van der Waals surface area contributed by atoms with Crippen molar-refractivity contribution in [2.45, 2.75) is 31.6 Å². The lowest BCUT2D eigenvalue weighted by molar-refractivity contribution is 0.112. The Morgan fingerprint density at radius 2 is 2.35 bits per heavy atom. The third-order valence-corrected chi connectivity index (χ3v) is 5.80. The van der Waals surface area contributed by atoms with Crippen molar-refractivity contribution in [3.05, 3.63) is 57.6 Å². The number of allylic oxidation sites excluding steroid dienone is 1. The van der Waals surface area contributed by atoms with Gasteiger partial charge in [0.1, 0.15) is 0 Å². The molecule has 3 atom stereocenters. The summed E-state index contributed by atoms with van der Waals surface area (Å²) in [7, 11) is 0. The number of nitrogens with one attached hydrogen (secondary N) is 1. The van der Waals surface area contributed by atoms with Crippen LogP contribution in [0.4, 0.5) is 0 Å². The van der Waals surface area contributed by atoms with Gasteiger partial charge in [0.2, 0.25) is 0 Å². The topological polar surface area (TPSA) is 84.4 Å². The highest BCUT2D eigenvalue weighted by Crippen LogP contribution is 2.40. The number of rotatable bonds is 4. The average molecular weight is 330 g/mol. The maximum Gasteiger partial charge on any atom is 0.160 e. The van der Waals surface area contributed by atoms with Crippen LogP contribution in [0.3, 0.4) is 0 Å². The molecule has 0 aromatic carbocycles. The number of nitrogens with two attached hydrogens (primary N) is 2. The molecule has 2 aliphatic rings. The first-order chi connectivity index (χ1) is 11.0. The fraction of sp³-hybridized carbons (Fsp3) is 0.353. The Hall–Kier alpha value is -1.89. The number of carbonyl (C=O) groups excluding carboxylic acids is 1. The molecule has 3 rings (SSSR count). The zero-order chi connectivity index (χ0) is 16.6. The minimum atomic E-state index is -0.204. The summed E-state index contributed by atoms with van der Waals surface area (Å²) in [6, 6.07) is 3.79. The second kappa shape index (κ2) is 5.96. The van der Waals surface area contributed by atoms with Crippen LogP contribution in [-0.4, -0.2) is 29.9 Å². The van der Waals surface area contributed by atoms with E-state index in [9.17, 15) is 4.79 Å². The molecular formula is C17H22N4OS. The number of hydrogen-bond donors (Lipinski definition) is 3. The molecule has 1 aromatic rings. The van der Waals surface area contributed by atoms with Crippen molar-refractivity contribution >= 4 is 17.6 Å². The molecule has 0 amide bonds. The van der Waals surface area contributed by atoms with Gasteiger partial charge in [-0.2, -0.15) is 0 Å². The normalized spacial score (nSPS) is 28.5. The monoisotopic (exact) mass is 330 g/mol. The second-order valence-electron chi connectivity index (χ2n) is 6.18. The van der Waals surface area contributed by atoms with Gasteiger partial charge in [0.25, 0.3) is 0 Å². The highest BCUT2D eigenvalue weighted by atomic mass is 32.1. The maximum absolute atomic E-state index is 11.0. The highest BCUT2D eigenvalue weighted by molar-refractivity contribution is 7.13. The molecule has 1 saturated heterocycles. The zero-order valence-corrected chi connectivity index (χ0v) is 14.1. The average Bonchev–Trinajstić information content (AvgIpc) is 3.14. The number of nitrogens with zero attached hydrogens (tertiary/aromatic N) is 1. The Morgan fingerprint density at radius 3 is 2.96 bits per heavy atom. The van der Waals surface area contributed by atoms with Gasteiger partial charge in [-0.25, -0.2) is 0 Å². The van der Waals surface area contributed by atoms with E-state index in [2.05, 4.69) is 35.5 Å². The molecule has 23 heavy (non-hydrogen) atoms. The first-order valence-corrected chi connectivity index (χ1v) is 8.46. The summed E-state index contributed by atoms with van der Waals surface area (Å²) in [5.41, 5.74) is 13.5. The quantitative estimate of drug-likeness (QED) is 0.731. The molecule has 5 N–H and O–H groups in total. The molecule has 0 aliphatic carbocycles. The van der Waals surface area contributed by atoms with Gasteiger partial charge in [-0.1, -0.05) is 6.08 Å². The second-order valence-corrected chi connectivity index (χ2v) is 7.30. The van der Waals surface area contributed by atoms with E-state index < -0.39 is 0 Å². The SMILES string of the molecule is CC(N)/C(=C\N)C1=CN2C(C=C1)NC[C@@]2(C)c1ccc(C=O)s1. The highest BCUT2D eigenvalue weighted by Gasteiger charge is 2.43. The molecule has 5 nitrogen and oxygen atoms in total. The van der Waals surface area contributed by atoms with Crippen molar-refractivity contribution in [2.75, 3.05) is 6.54 Å². The molecule has 0 bridgehead atoms. The van der Waals surface area contributed by atoms with E-state index >= 15 is 0 Å². The molecule has 6 heteroatoms. The summed E-state index contributed by atoms with van der Waals surface area (Å²) < 4.78 is 0. The zero-order valence-electron chi connectivity index (χ0n) is 13.3. The summed E-state index contributed by atoms with van der Waals surface area (Å²) in [5.74, 6) is 0. The van der Waals surface area contributed by atoms with E-state index in [0.717, 1.165) is 28.9 Å². The van der Waals surface area contributed by atoms with E-state index in [1.807, 2.05) is 19.1 Å². The van der Waals surface area contributed by atoms with Gasteiger partial charge in [-0.15, -0.1) is 11.3 Å². The number of aldehydes is 1. The fourth-order valence-corrected chi connectivity index (χ4v) is 4.14. The van der Waals surface area contributed by atoms with Gasteiger partial charge in [0.15, 0.2) is 6.29 Å². The van der Waals surface area contributed by atoms with Crippen molar-refractivity contribution in [1.29, 1.82) is 0 Å².